The average molecular weight is 227 g/mol. The van der Waals surface area contributed by atoms with E-state index in [-0.39, 0.29) is 5.41 Å². The van der Waals surface area contributed by atoms with Crippen molar-refractivity contribution in [2.24, 2.45) is 0 Å². The lowest BCUT2D eigenvalue weighted by atomic mass is 9.77. The highest BCUT2D eigenvalue weighted by Crippen LogP contribution is 2.36. The smallest absolute Gasteiger partial charge is 0.119 e. The molecule has 2 aromatic carbocycles. The summed E-state index contributed by atoms with van der Waals surface area (Å²) in [5.41, 5.74) is 8.26. The monoisotopic (exact) mass is 227 g/mol. The molecule has 3 N–H and O–H groups in total. The van der Waals surface area contributed by atoms with Crippen LogP contribution in [0.1, 0.15) is 25.0 Å². The summed E-state index contributed by atoms with van der Waals surface area (Å²) in [6, 6.07) is 15.2. The number of benzene rings is 2. The Labute approximate surface area is 102 Å². The molecule has 0 aromatic heterocycles. The van der Waals surface area contributed by atoms with Crippen molar-refractivity contribution < 1.29 is 5.11 Å². The lowest BCUT2D eigenvalue weighted by molar-refractivity contribution is 0.453. The Morgan fingerprint density at radius 1 is 0.941 bits per heavy atom. The highest BCUT2D eigenvalue weighted by atomic mass is 16.3. The van der Waals surface area contributed by atoms with Crippen LogP contribution in [0.25, 0.3) is 0 Å². The van der Waals surface area contributed by atoms with Crippen molar-refractivity contribution in [3.8, 4) is 5.75 Å². The van der Waals surface area contributed by atoms with Gasteiger partial charge in [0.1, 0.15) is 5.75 Å². The number of hydrogen-bond acceptors (Lipinski definition) is 2. The van der Waals surface area contributed by atoms with Crippen molar-refractivity contribution in [1.29, 1.82) is 0 Å². The zero-order valence-electron chi connectivity index (χ0n) is 10.1. The van der Waals surface area contributed by atoms with Crippen LogP contribution in [0.4, 0.5) is 5.69 Å². The molecule has 0 saturated heterocycles. The van der Waals surface area contributed by atoms with Crippen LogP contribution in [0.15, 0.2) is 48.5 Å². The molecule has 0 bridgehead atoms. The van der Waals surface area contributed by atoms with E-state index >= 15 is 0 Å². The molecule has 0 aliphatic rings. The van der Waals surface area contributed by atoms with Crippen molar-refractivity contribution in [3.05, 3.63) is 59.7 Å². The van der Waals surface area contributed by atoms with E-state index in [2.05, 4.69) is 13.8 Å². The Kier molecular flexibility index (Phi) is 2.80. The first-order valence-electron chi connectivity index (χ1n) is 5.66. The van der Waals surface area contributed by atoms with E-state index < -0.39 is 0 Å². The summed E-state index contributed by atoms with van der Waals surface area (Å²) in [6.07, 6.45) is 0. The van der Waals surface area contributed by atoms with Gasteiger partial charge in [-0.25, -0.2) is 0 Å². The normalized spacial score (nSPS) is 11.4. The van der Waals surface area contributed by atoms with Crippen molar-refractivity contribution in [1.82, 2.24) is 0 Å². The zero-order chi connectivity index (χ0) is 12.5. The molecule has 2 heteroatoms. The van der Waals surface area contributed by atoms with E-state index in [1.807, 2.05) is 42.5 Å². The summed E-state index contributed by atoms with van der Waals surface area (Å²) in [7, 11) is 0. The molecule has 0 aliphatic carbocycles. The molecule has 17 heavy (non-hydrogen) atoms. The molecule has 0 saturated carbocycles. The van der Waals surface area contributed by atoms with Crippen LogP contribution in [0.3, 0.4) is 0 Å². The van der Waals surface area contributed by atoms with Crippen LogP contribution in [-0.4, -0.2) is 5.11 Å². The topological polar surface area (TPSA) is 46.2 Å². The number of aromatic hydroxyl groups is 1. The van der Waals surface area contributed by atoms with Gasteiger partial charge in [-0.05, 0) is 23.8 Å². The van der Waals surface area contributed by atoms with Gasteiger partial charge in [-0.15, -0.1) is 0 Å². The second-order valence-corrected chi connectivity index (χ2v) is 4.76. The Balaban J connectivity index is 2.49. The maximum atomic E-state index is 9.94. The van der Waals surface area contributed by atoms with E-state index in [0.717, 1.165) is 16.8 Å². The first kappa shape index (κ1) is 11.5. The Morgan fingerprint density at radius 2 is 1.53 bits per heavy atom. The number of phenols is 1. The minimum Gasteiger partial charge on any atom is -0.508 e. The number of nitrogen functional groups attached to an aromatic ring is 1. The molecule has 0 amide bonds. The lowest BCUT2D eigenvalue weighted by Gasteiger charge is -2.26. The maximum Gasteiger partial charge on any atom is 0.119 e. The lowest BCUT2D eigenvalue weighted by Crippen LogP contribution is -2.18. The molecule has 2 nitrogen and oxygen atoms in total. The Hall–Kier alpha value is -1.96. The third-order valence-corrected chi connectivity index (χ3v) is 3.21. The molecule has 0 heterocycles. The van der Waals surface area contributed by atoms with Crippen molar-refractivity contribution in [2.75, 3.05) is 5.73 Å². The molecular weight excluding hydrogens is 210 g/mol. The van der Waals surface area contributed by atoms with Gasteiger partial charge >= 0.3 is 0 Å². The molecule has 2 aromatic rings. The summed E-state index contributed by atoms with van der Waals surface area (Å²) in [6.45, 7) is 4.18. The van der Waals surface area contributed by atoms with Gasteiger partial charge in [0.2, 0.25) is 0 Å². The van der Waals surface area contributed by atoms with Crippen LogP contribution in [-0.2, 0) is 5.41 Å². The van der Waals surface area contributed by atoms with Crippen LogP contribution in [0.2, 0.25) is 0 Å². The summed E-state index contributed by atoms with van der Waals surface area (Å²) in [5.74, 6) is 0.328. The van der Waals surface area contributed by atoms with Crippen molar-refractivity contribution in [3.63, 3.8) is 0 Å². The molecular formula is C15H17NO. The van der Waals surface area contributed by atoms with Crippen LogP contribution in [0.5, 0.6) is 5.75 Å². The predicted octanol–water partition coefficient (Wildman–Crippen LogP) is 3.30. The van der Waals surface area contributed by atoms with Gasteiger partial charge in [0.15, 0.2) is 0 Å². The third-order valence-electron chi connectivity index (χ3n) is 3.21. The van der Waals surface area contributed by atoms with Gasteiger partial charge in [0.05, 0.1) is 0 Å². The number of rotatable bonds is 2. The summed E-state index contributed by atoms with van der Waals surface area (Å²) >= 11 is 0. The standard InChI is InChI=1S/C15H17NO/c1-15(2,11-7-9-12(16)10-8-11)13-5-3-4-6-14(13)17/h3-10,17H,16H2,1-2H3. The van der Waals surface area contributed by atoms with Gasteiger partial charge in [-0.2, -0.15) is 0 Å². The fourth-order valence-corrected chi connectivity index (χ4v) is 2.06. The first-order valence-corrected chi connectivity index (χ1v) is 5.66. The predicted molar refractivity (Wildman–Crippen MR) is 71.1 cm³/mol. The molecule has 0 aliphatic heterocycles. The Morgan fingerprint density at radius 3 is 2.12 bits per heavy atom. The van der Waals surface area contributed by atoms with Gasteiger partial charge < -0.3 is 10.8 Å². The van der Waals surface area contributed by atoms with Crippen LogP contribution >= 0.6 is 0 Å². The van der Waals surface area contributed by atoms with Gasteiger partial charge in [0, 0.05) is 16.7 Å². The van der Waals surface area contributed by atoms with E-state index in [4.69, 9.17) is 5.73 Å². The fourth-order valence-electron chi connectivity index (χ4n) is 2.06. The molecule has 0 spiro atoms. The quantitative estimate of drug-likeness (QED) is 0.773. The molecule has 0 fully saturated rings. The summed E-state index contributed by atoms with van der Waals surface area (Å²) in [5, 5.41) is 9.94. The fraction of sp³-hybridized carbons (Fsp3) is 0.200. The average Bonchev–Trinajstić information content (AvgIpc) is 2.30. The van der Waals surface area contributed by atoms with Crippen molar-refractivity contribution in [2.45, 2.75) is 19.3 Å². The second kappa shape index (κ2) is 4.13. The number of phenolic OH excluding ortho intramolecular Hbond substituents is 1. The number of nitrogens with two attached hydrogens (primary N) is 1. The molecule has 0 radical (unpaired) electrons. The van der Waals surface area contributed by atoms with E-state index in [1.165, 1.54) is 0 Å². The third kappa shape index (κ3) is 2.11. The molecule has 0 atom stereocenters. The summed E-state index contributed by atoms with van der Waals surface area (Å²) < 4.78 is 0. The molecule has 0 unspecified atom stereocenters. The van der Waals surface area contributed by atoms with Gasteiger partial charge in [-0.1, -0.05) is 44.2 Å². The zero-order valence-corrected chi connectivity index (χ0v) is 10.1. The van der Waals surface area contributed by atoms with Crippen molar-refractivity contribution >= 4 is 5.69 Å². The molecule has 2 rings (SSSR count). The SMILES string of the molecule is CC(C)(c1ccc(N)cc1)c1ccccc1O. The summed E-state index contributed by atoms with van der Waals surface area (Å²) in [4.78, 5) is 0. The van der Waals surface area contributed by atoms with E-state index in [0.29, 0.717) is 5.75 Å². The Bertz CT molecular complexity index is 515. The number of anilines is 1. The van der Waals surface area contributed by atoms with Crippen LogP contribution < -0.4 is 5.73 Å². The number of para-hydroxylation sites is 1. The minimum absolute atomic E-state index is 0.237. The molecule has 88 valence electrons. The minimum atomic E-state index is -0.237. The van der Waals surface area contributed by atoms with Gasteiger partial charge in [-0.3, -0.25) is 0 Å². The van der Waals surface area contributed by atoms with Gasteiger partial charge in [0.25, 0.3) is 0 Å². The van der Waals surface area contributed by atoms with E-state index in [9.17, 15) is 5.11 Å². The van der Waals surface area contributed by atoms with Crippen LogP contribution in [0, 0.1) is 0 Å². The number of hydrogen-bond donors (Lipinski definition) is 2. The first-order chi connectivity index (χ1) is 8.01. The highest BCUT2D eigenvalue weighted by Gasteiger charge is 2.25. The second-order valence-electron chi connectivity index (χ2n) is 4.76. The highest BCUT2D eigenvalue weighted by molar-refractivity contribution is 5.48. The maximum absolute atomic E-state index is 9.94. The van der Waals surface area contributed by atoms with E-state index in [1.54, 1.807) is 6.07 Å². The largest absolute Gasteiger partial charge is 0.508 e.